The van der Waals surface area contributed by atoms with Crippen LogP contribution in [0.4, 0.5) is 0 Å². The Balaban J connectivity index is 2.86. The van der Waals surface area contributed by atoms with Crippen LogP contribution in [0, 0.1) is 0 Å². The van der Waals surface area contributed by atoms with Gasteiger partial charge in [0.05, 0.1) is 10.6 Å². The van der Waals surface area contributed by atoms with Gasteiger partial charge in [-0.25, -0.2) is 0 Å². The zero-order valence-corrected chi connectivity index (χ0v) is 10.4. The van der Waals surface area contributed by atoms with Crippen LogP contribution in [0.5, 0.6) is 0 Å². The topological polar surface area (TPSA) is 29.1 Å². The number of halogens is 1. The molecule has 0 aliphatic heterocycles. The van der Waals surface area contributed by atoms with Crippen LogP contribution in [0.2, 0.25) is 5.02 Å². The summed E-state index contributed by atoms with van der Waals surface area (Å²) in [6, 6.07) is 5.25. The molecule has 0 aromatic heterocycles. The lowest BCUT2D eigenvalue weighted by molar-refractivity contribution is 0.0939. The fourth-order valence-corrected chi connectivity index (χ4v) is 1.50. The first-order chi connectivity index (χ1) is 7.04. The molecule has 2 nitrogen and oxygen atoms in total. The van der Waals surface area contributed by atoms with E-state index in [0.29, 0.717) is 10.6 Å². The van der Waals surface area contributed by atoms with E-state index in [0.717, 1.165) is 11.3 Å². The highest BCUT2D eigenvalue weighted by molar-refractivity contribution is 7.80. The van der Waals surface area contributed by atoms with Crippen molar-refractivity contribution in [3.05, 3.63) is 28.8 Å². The number of nitrogens with one attached hydrogen (secondary N) is 1. The van der Waals surface area contributed by atoms with Crippen molar-refractivity contribution < 1.29 is 4.79 Å². The average molecular weight is 244 g/mol. The molecule has 0 aliphatic carbocycles. The maximum atomic E-state index is 11.8. The standard InChI is InChI=1S/C11H14ClNOS/c1-3-7(2)13-11(14)9-6-8(15)4-5-10(9)12/h4-7,15H,3H2,1-2H3,(H,13,14). The molecule has 0 fully saturated rings. The quantitative estimate of drug-likeness (QED) is 0.785. The van der Waals surface area contributed by atoms with E-state index in [-0.39, 0.29) is 11.9 Å². The summed E-state index contributed by atoms with van der Waals surface area (Å²) in [5, 5.41) is 3.31. The largest absolute Gasteiger partial charge is 0.350 e. The molecule has 0 radical (unpaired) electrons. The summed E-state index contributed by atoms with van der Waals surface area (Å²) in [5.74, 6) is -0.148. The summed E-state index contributed by atoms with van der Waals surface area (Å²) in [5.41, 5.74) is 0.476. The molecule has 0 saturated heterocycles. The van der Waals surface area contributed by atoms with Crippen LogP contribution in [0.25, 0.3) is 0 Å². The van der Waals surface area contributed by atoms with Gasteiger partial charge in [-0.15, -0.1) is 12.6 Å². The molecule has 1 aromatic carbocycles. The van der Waals surface area contributed by atoms with Crippen LogP contribution in [0.3, 0.4) is 0 Å². The highest BCUT2D eigenvalue weighted by Crippen LogP contribution is 2.19. The van der Waals surface area contributed by atoms with Crippen molar-refractivity contribution in [3.8, 4) is 0 Å². The van der Waals surface area contributed by atoms with E-state index in [2.05, 4.69) is 17.9 Å². The Labute approximate surface area is 100 Å². The molecule has 0 bridgehead atoms. The molecule has 0 aliphatic rings. The molecule has 0 heterocycles. The van der Waals surface area contributed by atoms with Crippen molar-refractivity contribution in [3.63, 3.8) is 0 Å². The van der Waals surface area contributed by atoms with Crippen molar-refractivity contribution in [2.24, 2.45) is 0 Å². The fraction of sp³-hybridized carbons (Fsp3) is 0.364. The van der Waals surface area contributed by atoms with Crippen LogP contribution >= 0.6 is 24.2 Å². The maximum Gasteiger partial charge on any atom is 0.253 e. The first-order valence-corrected chi connectivity index (χ1v) is 5.66. The van der Waals surface area contributed by atoms with Gasteiger partial charge in [0, 0.05) is 10.9 Å². The normalized spacial score (nSPS) is 12.3. The van der Waals surface area contributed by atoms with Crippen molar-refractivity contribution in [1.82, 2.24) is 5.32 Å². The van der Waals surface area contributed by atoms with Gasteiger partial charge in [-0.3, -0.25) is 4.79 Å². The van der Waals surface area contributed by atoms with Crippen molar-refractivity contribution in [2.45, 2.75) is 31.2 Å². The molecule has 0 spiro atoms. The highest BCUT2D eigenvalue weighted by atomic mass is 35.5. The predicted molar refractivity (Wildman–Crippen MR) is 65.9 cm³/mol. The van der Waals surface area contributed by atoms with E-state index in [1.807, 2.05) is 13.8 Å². The number of rotatable bonds is 3. The second-order valence-electron chi connectivity index (χ2n) is 3.45. The van der Waals surface area contributed by atoms with Crippen molar-refractivity contribution in [2.75, 3.05) is 0 Å². The Morgan fingerprint density at radius 3 is 2.87 bits per heavy atom. The number of hydrogen-bond acceptors (Lipinski definition) is 2. The van der Waals surface area contributed by atoms with E-state index in [1.54, 1.807) is 18.2 Å². The molecule has 1 amide bonds. The lowest BCUT2D eigenvalue weighted by Gasteiger charge is -2.12. The number of hydrogen-bond donors (Lipinski definition) is 2. The Morgan fingerprint density at radius 2 is 2.27 bits per heavy atom. The van der Waals surface area contributed by atoms with E-state index < -0.39 is 0 Å². The van der Waals surface area contributed by atoms with E-state index >= 15 is 0 Å². The Morgan fingerprint density at radius 1 is 1.60 bits per heavy atom. The minimum absolute atomic E-state index is 0.148. The first kappa shape index (κ1) is 12.4. The monoisotopic (exact) mass is 243 g/mol. The summed E-state index contributed by atoms with van der Waals surface area (Å²) in [7, 11) is 0. The molecule has 1 N–H and O–H groups in total. The van der Waals surface area contributed by atoms with Gasteiger partial charge in [-0.2, -0.15) is 0 Å². The third-order valence-corrected chi connectivity index (χ3v) is 2.79. The number of benzene rings is 1. The number of carbonyl (C=O) groups is 1. The van der Waals surface area contributed by atoms with Gasteiger partial charge in [0.25, 0.3) is 5.91 Å². The van der Waals surface area contributed by atoms with Crippen molar-refractivity contribution >= 4 is 30.1 Å². The average Bonchev–Trinajstić information content (AvgIpc) is 2.21. The van der Waals surface area contributed by atoms with Crippen LogP contribution in [0.15, 0.2) is 23.1 Å². The minimum atomic E-state index is -0.148. The smallest absolute Gasteiger partial charge is 0.253 e. The summed E-state index contributed by atoms with van der Waals surface area (Å²) in [4.78, 5) is 12.5. The Kier molecular flexibility index (Phi) is 4.48. The minimum Gasteiger partial charge on any atom is -0.350 e. The van der Waals surface area contributed by atoms with E-state index in [9.17, 15) is 4.79 Å². The second-order valence-corrected chi connectivity index (χ2v) is 4.37. The predicted octanol–water partition coefficient (Wildman–Crippen LogP) is 3.16. The number of thiol groups is 1. The van der Waals surface area contributed by atoms with E-state index in [4.69, 9.17) is 11.6 Å². The van der Waals surface area contributed by atoms with Gasteiger partial charge in [-0.05, 0) is 31.5 Å². The number of amides is 1. The van der Waals surface area contributed by atoms with Crippen LogP contribution in [0.1, 0.15) is 30.6 Å². The summed E-state index contributed by atoms with van der Waals surface area (Å²) < 4.78 is 0. The molecule has 15 heavy (non-hydrogen) atoms. The molecular formula is C11H14ClNOS. The lowest BCUT2D eigenvalue weighted by Crippen LogP contribution is -2.32. The van der Waals surface area contributed by atoms with Crippen LogP contribution < -0.4 is 5.32 Å². The molecule has 1 aromatic rings. The van der Waals surface area contributed by atoms with Crippen LogP contribution in [-0.4, -0.2) is 11.9 Å². The summed E-state index contributed by atoms with van der Waals surface area (Å²) in [6.45, 7) is 3.97. The SMILES string of the molecule is CCC(C)NC(=O)c1cc(S)ccc1Cl. The van der Waals surface area contributed by atoms with Gasteiger partial charge < -0.3 is 5.32 Å². The molecule has 1 atom stereocenters. The van der Waals surface area contributed by atoms with Gasteiger partial charge in [0.2, 0.25) is 0 Å². The first-order valence-electron chi connectivity index (χ1n) is 4.84. The third-order valence-electron chi connectivity index (χ3n) is 2.18. The molecule has 1 unspecified atom stereocenters. The van der Waals surface area contributed by atoms with E-state index in [1.165, 1.54) is 0 Å². The molecule has 1 rings (SSSR count). The summed E-state index contributed by atoms with van der Waals surface area (Å²) >= 11 is 10.1. The molecule has 82 valence electrons. The van der Waals surface area contributed by atoms with Crippen molar-refractivity contribution in [1.29, 1.82) is 0 Å². The van der Waals surface area contributed by atoms with Gasteiger partial charge in [-0.1, -0.05) is 18.5 Å². The molecule has 4 heteroatoms. The lowest BCUT2D eigenvalue weighted by atomic mass is 10.2. The summed E-state index contributed by atoms with van der Waals surface area (Å²) in [6.07, 6.45) is 0.893. The van der Waals surface area contributed by atoms with Gasteiger partial charge in [0.15, 0.2) is 0 Å². The van der Waals surface area contributed by atoms with Crippen LogP contribution in [-0.2, 0) is 0 Å². The third kappa shape index (κ3) is 3.43. The van der Waals surface area contributed by atoms with Gasteiger partial charge in [0.1, 0.15) is 0 Å². The zero-order chi connectivity index (χ0) is 11.4. The molecule has 0 saturated carbocycles. The number of carbonyl (C=O) groups excluding carboxylic acids is 1. The Bertz CT molecular complexity index is 368. The second kappa shape index (κ2) is 5.42. The zero-order valence-electron chi connectivity index (χ0n) is 8.75. The maximum absolute atomic E-state index is 11.8. The molecular weight excluding hydrogens is 230 g/mol. The Hall–Kier alpha value is -0.670. The fourth-order valence-electron chi connectivity index (χ4n) is 1.09. The highest BCUT2D eigenvalue weighted by Gasteiger charge is 2.12. The van der Waals surface area contributed by atoms with Gasteiger partial charge >= 0.3 is 0 Å².